The molecule has 3 aliphatic rings. The third-order valence-electron chi connectivity index (χ3n) is 4.28. The SMILES string of the molecule is CN1CC2(C1)CN(C(=O)C1CCCC1)C2. The molecule has 0 unspecified atom stereocenters. The average molecular weight is 208 g/mol. The standard InChI is InChI=1S/C12H20N2O/c1-13-6-12(7-13)8-14(9-12)11(15)10-4-2-3-5-10/h10H,2-9H2,1H3. The van der Waals surface area contributed by atoms with E-state index >= 15 is 0 Å². The van der Waals surface area contributed by atoms with Gasteiger partial charge in [0.1, 0.15) is 0 Å². The average Bonchev–Trinajstić information content (AvgIpc) is 2.60. The van der Waals surface area contributed by atoms with E-state index in [-0.39, 0.29) is 0 Å². The first kappa shape index (κ1) is 9.64. The maximum absolute atomic E-state index is 12.0. The fourth-order valence-corrected chi connectivity index (χ4v) is 3.65. The molecule has 2 saturated heterocycles. The molecule has 3 heteroatoms. The number of carbonyl (C=O) groups excluding carboxylic acids is 1. The van der Waals surface area contributed by atoms with Crippen molar-refractivity contribution in [3.05, 3.63) is 0 Å². The third kappa shape index (κ3) is 1.48. The van der Waals surface area contributed by atoms with Crippen molar-refractivity contribution in [1.82, 2.24) is 9.80 Å². The Labute approximate surface area is 91.4 Å². The fraction of sp³-hybridized carbons (Fsp3) is 0.917. The van der Waals surface area contributed by atoms with Gasteiger partial charge in [0.25, 0.3) is 0 Å². The lowest BCUT2D eigenvalue weighted by atomic mass is 9.73. The van der Waals surface area contributed by atoms with Crippen LogP contribution in [-0.4, -0.2) is 48.9 Å². The van der Waals surface area contributed by atoms with E-state index in [2.05, 4.69) is 16.8 Å². The van der Waals surface area contributed by atoms with E-state index in [0.717, 1.165) is 25.9 Å². The number of rotatable bonds is 1. The van der Waals surface area contributed by atoms with Crippen molar-refractivity contribution >= 4 is 5.91 Å². The van der Waals surface area contributed by atoms with E-state index in [4.69, 9.17) is 0 Å². The fourth-order valence-electron chi connectivity index (χ4n) is 3.65. The van der Waals surface area contributed by atoms with E-state index in [1.54, 1.807) is 0 Å². The van der Waals surface area contributed by atoms with Crippen LogP contribution in [0.5, 0.6) is 0 Å². The predicted octanol–water partition coefficient (Wildman–Crippen LogP) is 0.951. The van der Waals surface area contributed by atoms with Gasteiger partial charge in [-0.3, -0.25) is 4.79 Å². The van der Waals surface area contributed by atoms with E-state index in [1.165, 1.54) is 25.9 Å². The highest BCUT2D eigenvalue weighted by atomic mass is 16.2. The lowest BCUT2D eigenvalue weighted by molar-refractivity contribution is -0.160. The van der Waals surface area contributed by atoms with Crippen molar-refractivity contribution in [1.29, 1.82) is 0 Å². The predicted molar refractivity (Wildman–Crippen MR) is 58.5 cm³/mol. The second-order valence-electron chi connectivity index (χ2n) is 5.85. The van der Waals surface area contributed by atoms with Gasteiger partial charge in [0.05, 0.1) is 0 Å². The molecule has 0 aromatic rings. The molecule has 3 nitrogen and oxygen atoms in total. The molecule has 84 valence electrons. The molecule has 0 N–H and O–H groups in total. The molecular weight excluding hydrogens is 188 g/mol. The van der Waals surface area contributed by atoms with Gasteiger partial charge in [-0.15, -0.1) is 0 Å². The summed E-state index contributed by atoms with van der Waals surface area (Å²) in [6, 6.07) is 0. The Hall–Kier alpha value is -0.570. The van der Waals surface area contributed by atoms with Crippen LogP contribution in [0, 0.1) is 11.3 Å². The van der Waals surface area contributed by atoms with E-state index < -0.39 is 0 Å². The van der Waals surface area contributed by atoms with Gasteiger partial charge in [0.2, 0.25) is 5.91 Å². The van der Waals surface area contributed by atoms with Crippen LogP contribution in [0.3, 0.4) is 0 Å². The summed E-state index contributed by atoms with van der Waals surface area (Å²) in [6.07, 6.45) is 4.81. The minimum Gasteiger partial charge on any atom is -0.341 e. The first-order chi connectivity index (χ1) is 7.19. The maximum Gasteiger partial charge on any atom is 0.225 e. The van der Waals surface area contributed by atoms with Gasteiger partial charge in [0, 0.05) is 37.5 Å². The van der Waals surface area contributed by atoms with Crippen LogP contribution in [0.25, 0.3) is 0 Å². The van der Waals surface area contributed by atoms with Gasteiger partial charge in [-0.2, -0.15) is 0 Å². The molecule has 1 aliphatic carbocycles. The molecule has 1 saturated carbocycles. The van der Waals surface area contributed by atoms with Crippen molar-refractivity contribution in [3.8, 4) is 0 Å². The summed E-state index contributed by atoms with van der Waals surface area (Å²) in [5, 5.41) is 0. The van der Waals surface area contributed by atoms with Gasteiger partial charge in [-0.1, -0.05) is 12.8 Å². The highest BCUT2D eigenvalue weighted by Crippen LogP contribution is 2.40. The smallest absolute Gasteiger partial charge is 0.225 e. The lowest BCUT2D eigenvalue weighted by Crippen LogP contribution is -2.72. The molecule has 0 radical (unpaired) electrons. The monoisotopic (exact) mass is 208 g/mol. The number of carbonyl (C=O) groups is 1. The number of hydrogen-bond donors (Lipinski definition) is 0. The molecule has 0 bridgehead atoms. The second-order valence-corrected chi connectivity index (χ2v) is 5.85. The zero-order valence-corrected chi connectivity index (χ0v) is 9.54. The molecule has 1 amide bonds. The summed E-state index contributed by atoms with van der Waals surface area (Å²) >= 11 is 0. The Morgan fingerprint density at radius 2 is 1.73 bits per heavy atom. The zero-order valence-electron chi connectivity index (χ0n) is 9.54. The van der Waals surface area contributed by atoms with Crippen LogP contribution in [0.1, 0.15) is 25.7 Å². The number of likely N-dealkylation sites (tertiary alicyclic amines) is 2. The maximum atomic E-state index is 12.0. The third-order valence-corrected chi connectivity index (χ3v) is 4.28. The zero-order chi connectivity index (χ0) is 10.5. The van der Waals surface area contributed by atoms with E-state index in [0.29, 0.717) is 17.2 Å². The lowest BCUT2D eigenvalue weighted by Gasteiger charge is -2.59. The summed E-state index contributed by atoms with van der Waals surface area (Å²) in [6.45, 7) is 4.46. The second kappa shape index (κ2) is 3.21. The molecule has 0 aromatic carbocycles. The first-order valence-electron chi connectivity index (χ1n) is 6.16. The van der Waals surface area contributed by atoms with Crippen LogP contribution in [0.2, 0.25) is 0 Å². The molecule has 0 aromatic heterocycles. The molecular formula is C12H20N2O. The highest BCUT2D eigenvalue weighted by molar-refractivity contribution is 5.80. The summed E-state index contributed by atoms with van der Waals surface area (Å²) in [4.78, 5) is 16.5. The van der Waals surface area contributed by atoms with Gasteiger partial charge >= 0.3 is 0 Å². The van der Waals surface area contributed by atoms with Crippen molar-refractivity contribution in [3.63, 3.8) is 0 Å². The summed E-state index contributed by atoms with van der Waals surface area (Å²) in [7, 11) is 2.16. The summed E-state index contributed by atoms with van der Waals surface area (Å²) < 4.78 is 0. The normalized spacial score (nSPS) is 30.3. The van der Waals surface area contributed by atoms with Gasteiger partial charge < -0.3 is 9.80 Å². The summed E-state index contributed by atoms with van der Waals surface area (Å²) in [5.74, 6) is 0.827. The van der Waals surface area contributed by atoms with Gasteiger partial charge in [-0.25, -0.2) is 0 Å². The number of nitrogens with zero attached hydrogens (tertiary/aromatic N) is 2. The molecule has 1 spiro atoms. The Morgan fingerprint density at radius 3 is 2.27 bits per heavy atom. The molecule has 0 atom stereocenters. The molecule has 3 rings (SSSR count). The van der Waals surface area contributed by atoms with Gasteiger partial charge in [-0.05, 0) is 19.9 Å². The highest BCUT2D eigenvalue weighted by Gasteiger charge is 2.52. The Morgan fingerprint density at radius 1 is 1.13 bits per heavy atom. The minimum atomic E-state index is 0.375. The topological polar surface area (TPSA) is 23.6 Å². The molecule has 15 heavy (non-hydrogen) atoms. The van der Waals surface area contributed by atoms with Crippen LogP contribution in [0.15, 0.2) is 0 Å². The number of amides is 1. The Bertz CT molecular complexity index is 269. The van der Waals surface area contributed by atoms with Gasteiger partial charge in [0.15, 0.2) is 0 Å². The summed E-state index contributed by atoms with van der Waals surface area (Å²) in [5.41, 5.74) is 0.503. The van der Waals surface area contributed by atoms with Crippen molar-refractivity contribution in [2.24, 2.45) is 11.3 Å². The van der Waals surface area contributed by atoms with Crippen molar-refractivity contribution < 1.29 is 4.79 Å². The van der Waals surface area contributed by atoms with Crippen LogP contribution >= 0.6 is 0 Å². The van der Waals surface area contributed by atoms with E-state index in [9.17, 15) is 4.79 Å². The minimum absolute atomic E-state index is 0.375. The number of hydrogen-bond acceptors (Lipinski definition) is 2. The van der Waals surface area contributed by atoms with Crippen molar-refractivity contribution in [2.75, 3.05) is 33.2 Å². The molecule has 2 heterocycles. The van der Waals surface area contributed by atoms with Crippen LogP contribution < -0.4 is 0 Å². The molecule has 3 fully saturated rings. The quantitative estimate of drug-likeness (QED) is 0.640. The first-order valence-corrected chi connectivity index (χ1v) is 6.16. The Kier molecular flexibility index (Phi) is 2.06. The van der Waals surface area contributed by atoms with E-state index in [1.807, 2.05) is 0 Å². The van der Waals surface area contributed by atoms with Crippen LogP contribution in [-0.2, 0) is 4.79 Å². The largest absolute Gasteiger partial charge is 0.341 e. The van der Waals surface area contributed by atoms with Crippen molar-refractivity contribution in [2.45, 2.75) is 25.7 Å². The Balaban J connectivity index is 1.52. The van der Waals surface area contributed by atoms with Crippen LogP contribution in [0.4, 0.5) is 0 Å². The molecule has 2 aliphatic heterocycles.